The monoisotopic (exact) mass is 251 g/mol. The number of methoxy groups -OCH3 is 1. The standard InChI is InChI=1S/C13H17NO4/c1-8-4-9(2)13(11(5-8)18-3)10(15)6-14-7-12(16)17/h4-5,14H,6-7H2,1-3H3,(H,16,17). The predicted molar refractivity (Wildman–Crippen MR) is 67.3 cm³/mol. The van der Waals surface area contributed by atoms with Crippen molar-refractivity contribution in [1.29, 1.82) is 0 Å². The van der Waals surface area contributed by atoms with E-state index in [0.29, 0.717) is 11.3 Å². The number of ether oxygens (including phenoxy) is 1. The molecular weight excluding hydrogens is 234 g/mol. The Labute approximate surface area is 106 Å². The molecule has 0 heterocycles. The van der Waals surface area contributed by atoms with E-state index >= 15 is 0 Å². The summed E-state index contributed by atoms with van der Waals surface area (Å²) in [6, 6.07) is 3.68. The van der Waals surface area contributed by atoms with Crippen LogP contribution in [0, 0.1) is 13.8 Å². The van der Waals surface area contributed by atoms with Crippen LogP contribution < -0.4 is 10.1 Å². The Hall–Kier alpha value is -1.88. The van der Waals surface area contributed by atoms with E-state index in [2.05, 4.69) is 5.32 Å². The van der Waals surface area contributed by atoms with Crippen molar-refractivity contribution in [2.45, 2.75) is 13.8 Å². The molecule has 0 atom stereocenters. The highest BCUT2D eigenvalue weighted by Crippen LogP contribution is 2.24. The Morgan fingerprint density at radius 3 is 2.50 bits per heavy atom. The first-order chi connectivity index (χ1) is 8.45. The molecule has 0 saturated heterocycles. The predicted octanol–water partition coefficient (Wildman–Crippen LogP) is 1.17. The summed E-state index contributed by atoms with van der Waals surface area (Å²) in [6.07, 6.45) is 0. The number of ketones is 1. The Morgan fingerprint density at radius 1 is 1.28 bits per heavy atom. The van der Waals surface area contributed by atoms with Crippen molar-refractivity contribution in [3.05, 3.63) is 28.8 Å². The Bertz CT molecular complexity index is 468. The zero-order valence-corrected chi connectivity index (χ0v) is 10.7. The van der Waals surface area contributed by atoms with Crippen LogP contribution in [0.1, 0.15) is 21.5 Å². The average molecular weight is 251 g/mol. The molecule has 0 aliphatic carbocycles. The van der Waals surface area contributed by atoms with Gasteiger partial charge < -0.3 is 9.84 Å². The van der Waals surface area contributed by atoms with Crippen molar-refractivity contribution < 1.29 is 19.4 Å². The lowest BCUT2D eigenvalue weighted by atomic mass is 10.0. The van der Waals surface area contributed by atoms with Gasteiger partial charge in [0.1, 0.15) is 5.75 Å². The van der Waals surface area contributed by atoms with Gasteiger partial charge >= 0.3 is 5.97 Å². The van der Waals surface area contributed by atoms with Crippen molar-refractivity contribution in [2.24, 2.45) is 0 Å². The summed E-state index contributed by atoms with van der Waals surface area (Å²) in [6.45, 7) is 3.50. The van der Waals surface area contributed by atoms with Crippen LogP contribution in [0.2, 0.25) is 0 Å². The molecule has 2 N–H and O–H groups in total. The van der Waals surface area contributed by atoms with Crippen LogP contribution in [0.5, 0.6) is 5.75 Å². The van der Waals surface area contributed by atoms with Gasteiger partial charge in [0, 0.05) is 0 Å². The molecule has 0 spiro atoms. The number of carbonyl (C=O) groups excluding carboxylic acids is 1. The van der Waals surface area contributed by atoms with Gasteiger partial charge in [-0.05, 0) is 31.0 Å². The minimum atomic E-state index is -0.990. The van der Waals surface area contributed by atoms with E-state index in [-0.39, 0.29) is 18.9 Å². The second kappa shape index (κ2) is 6.16. The van der Waals surface area contributed by atoms with Gasteiger partial charge in [-0.2, -0.15) is 0 Å². The maximum Gasteiger partial charge on any atom is 0.317 e. The molecule has 1 aromatic rings. The number of carboxylic acids is 1. The van der Waals surface area contributed by atoms with Gasteiger partial charge in [-0.15, -0.1) is 0 Å². The van der Waals surface area contributed by atoms with Crippen molar-refractivity contribution in [2.75, 3.05) is 20.2 Å². The summed E-state index contributed by atoms with van der Waals surface area (Å²) >= 11 is 0. The van der Waals surface area contributed by atoms with E-state index in [1.807, 2.05) is 19.9 Å². The summed E-state index contributed by atoms with van der Waals surface area (Å²) in [7, 11) is 1.51. The zero-order chi connectivity index (χ0) is 13.7. The first kappa shape index (κ1) is 14.2. The van der Waals surface area contributed by atoms with Gasteiger partial charge in [0.25, 0.3) is 0 Å². The number of Topliss-reactive ketones (excluding diaryl/α,β-unsaturated/α-hetero) is 1. The number of hydrogen-bond acceptors (Lipinski definition) is 4. The fourth-order valence-corrected chi connectivity index (χ4v) is 1.82. The van der Waals surface area contributed by atoms with Gasteiger partial charge in [0.15, 0.2) is 5.78 Å². The van der Waals surface area contributed by atoms with Crippen LogP contribution in [-0.2, 0) is 4.79 Å². The Morgan fingerprint density at radius 2 is 1.94 bits per heavy atom. The summed E-state index contributed by atoms with van der Waals surface area (Å²) in [5.41, 5.74) is 2.34. The summed E-state index contributed by atoms with van der Waals surface area (Å²) < 4.78 is 5.19. The van der Waals surface area contributed by atoms with Gasteiger partial charge in [-0.3, -0.25) is 14.9 Å². The van der Waals surface area contributed by atoms with Crippen molar-refractivity contribution in [3.63, 3.8) is 0 Å². The molecule has 1 rings (SSSR count). The van der Waals surface area contributed by atoms with Crippen molar-refractivity contribution in [1.82, 2.24) is 5.32 Å². The van der Waals surface area contributed by atoms with Crippen LogP contribution in [0.25, 0.3) is 0 Å². The molecule has 5 heteroatoms. The quantitative estimate of drug-likeness (QED) is 0.742. The van der Waals surface area contributed by atoms with Crippen LogP contribution in [0.4, 0.5) is 0 Å². The molecule has 0 bridgehead atoms. The number of hydrogen-bond donors (Lipinski definition) is 2. The van der Waals surface area contributed by atoms with E-state index < -0.39 is 5.97 Å². The highest BCUT2D eigenvalue weighted by molar-refractivity contribution is 6.01. The third kappa shape index (κ3) is 3.56. The van der Waals surface area contributed by atoms with E-state index in [4.69, 9.17) is 9.84 Å². The summed E-state index contributed by atoms with van der Waals surface area (Å²) in [5, 5.41) is 11.1. The lowest BCUT2D eigenvalue weighted by Crippen LogP contribution is -2.29. The fraction of sp³-hybridized carbons (Fsp3) is 0.385. The second-order valence-electron chi connectivity index (χ2n) is 4.08. The highest BCUT2D eigenvalue weighted by Gasteiger charge is 2.15. The first-order valence-corrected chi connectivity index (χ1v) is 5.56. The number of benzene rings is 1. The number of carbonyl (C=O) groups is 2. The molecule has 0 radical (unpaired) electrons. The number of aryl methyl sites for hydroxylation is 2. The Balaban J connectivity index is 2.88. The number of nitrogens with one attached hydrogen (secondary N) is 1. The highest BCUT2D eigenvalue weighted by atomic mass is 16.5. The van der Waals surface area contributed by atoms with Gasteiger partial charge in [0.2, 0.25) is 0 Å². The third-order valence-corrected chi connectivity index (χ3v) is 2.50. The molecule has 0 aliphatic heterocycles. The van der Waals surface area contributed by atoms with Gasteiger partial charge in [-0.25, -0.2) is 0 Å². The fourth-order valence-electron chi connectivity index (χ4n) is 1.82. The number of aliphatic carboxylic acids is 1. The van der Waals surface area contributed by atoms with Crippen LogP contribution in [0.3, 0.4) is 0 Å². The normalized spacial score (nSPS) is 10.2. The van der Waals surface area contributed by atoms with Crippen LogP contribution in [-0.4, -0.2) is 37.1 Å². The molecule has 0 fully saturated rings. The topological polar surface area (TPSA) is 75.6 Å². The van der Waals surface area contributed by atoms with E-state index in [1.165, 1.54) is 7.11 Å². The largest absolute Gasteiger partial charge is 0.496 e. The van der Waals surface area contributed by atoms with E-state index in [1.54, 1.807) is 6.07 Å². The lowest BCUT2D eigenvalue weighted by Gasteiger charge is -2.12. The van der Waals surface area contributed by atoms with Crippen LogP contribution in [0.15, 0.2) is 12.1 Å². The first-order valence-electron chi connectivity index (χ1n) is 5.56. The molecular formula is C13H17NO4. The van der Waals surface area contributed by atoms with Gasteiger partial charge in [0.05, 0.1) is 25.8 Å². The van der Waals surface area contributed by atoms with Gasteiger partial charge in [-0.1, -0.05) is 6.07 Å². The summed E-state index contributed by atoms with van der Waals surface area (Å²) in [5.74, 6) is -0.643. The van der Waals surface area contributed by atoms with E-state index in [9.17, 15) is 9.59 Å². The number of carboxylic acid groups (broad SMARTS) is 1. The van der Waals surface area contributed by atoms with Crippen molar-refractivity contribution >= 4 is 11.8 Å². The smallest absolute Gasteiger partial charge is 0.317 e. The zero-order valence-electron chi connectivity index (χ0n) is 10.7. The SMILES string of the molecule is COc1cc(C)cc(C)c1C(=O)CNCC(=O)O. The number of rotatable bonds is 6. The maximum absolute atomic E-state index is 12.0. The summed E-state index contributed by atoms with van der Waals surface area (Å²) in [4.78, 5) is 22.4. The minimum absolute atomic E-state index is 0.0213. The molecule has 98 valence electrons. The molecule has 0 amide bonds. The lowest BCUT2D eigenvalue weighted by molar-refractivity contribution is -0.135. The van der Waals surface area contributed by atoms with Crippen molar-refractivity contribution in [3.8, 4) is 5.75 Å². The second-order valence-corrected chi connectivity index (χ2v) is 4.08. The molecule has 0 unspecified atom stereocenters. The minimum Gasteiger partial charge on any atom is -0.496 e. The molecule has 0 saturated carbocycles. The molecule has 18 heavy (non-hydrogen) atoms. The molecule has 5 nitrogen and oxygen atoms in total. The average Bonchev–Trinajstić information content (AvgIpc) is 2.26. The molecule has 0 aliphatic rings. The molecule has 0 aromatic heterocycles. The van der Waals surface area contributed by atoms with E-state index in [0.717, 1.165) is 11.1 Å². The molecule has 1 aromatic carbocycles. The maximum atomic E-state index is 12.0. The third-order valence-electron chi connectivity index (χ3n) is 2.50. The van der Waals surface area contributed by atoms with Crippen LogP contribution >= 0.6 is 0 Å². The Kier molecular flexibility index (Phi) is 4.85.